The van der Waals surface area contributed by atoms with Gasteiger partial charge in [0.1, 0.15) is 0 Å². The minimum atomic E-state index is -0.307. The van der Waals surface area contributed by atoms with Crippen molar-refractivity contribution in [3.63, 3.8) is 0 Å². The quantitative estimate of drug-likeness (QED) is 0.573. The van der Waals surface area contributed by atoms with Crippen molar-refractivity contribution in [3.05, 3.63) is 34.9 Å². The zero-order valence-electron chi connectivity index (χ0n) is 8.66. The van der Waals surface area contributed by atoms with Crippen LogP contribution >= 0.6 is 11.6 Å². The molecule has 4 heteroatoms. The maximum Gasteiger partial charge on any atom is 0.245 e. The minimum absolute atomic E-state index is 0.274. The summed E-state index contributed by atoms with van der Waals surface area (Å²) in [6.07, 6.45) is 0. The summed E-state index contributed by atoms with van der Waals surface area (Å²) in [6, 6.07) is 7.12. The Labute approximate surface area is 93.7 Å². The fraction of sp³-hybridized carbons (Fsp3) is 0.273. The SMILES string of the molecule is CCOC(=NC(C)=O)c1ccccc1Cl. The van der Waals surface area contributed by atoms with E-state index in [1.54, 1.807) is 12.1 Å². The van der Waals surface area contributed by atoms with Crippen molar-refractivity contribution in [1.29, 1.82) is 0 Å². The summed E-state index contributed by atoms with van der Waals surface area (Å²) in [6.45, 7) is 3.64. The largest absolute Gasteiger partial charge is 0.477 e. The molecule has 0 aromatic heterocycles. The molecular formula is C11H12ClNO2. The number of benzene rings is 1. The molecule has 1 amide bonds. The molecule has 0 spiro atoms. The highest BCUT2D eigenvalue weighted by atomic mass is 35.5. The van der Waals surface area contributed by atoms with Crippen molar-refractivity contribution in [3.8, 4) is 0 Å². The molecule has 0 unspecified atom stereocenters. The summed E-state index contributed by atoms with van der Waals surface area (Å²) >= 11 is 5.97. The molecule has 0 saturated carbocycles. The van der Waals surface area contributed by atoms with E-state index >= 15 is 0 Å². The maximum atomic E-state index is 10.9. The van der Waals surface area contributed by atoms with E-state index < -0.39 is 0 Å². The third-order valence-corrected chi connectivity index (χ3v) is 1.97. The van der Waals surface area contributed by atoms with Crippen molar-refractivity contribution >= 4 is 23.4 Å². The molecule has 0 fully saturated rings. The van der Waals surface area contributed by atoms with Crippen LogP contribution < -0.4 is 0 Å². The van der Waals surface area contributed by atoms with E-state index in [1.165, 1.54) is 6.92 Å². The summed E-state index contributed by atoms with van der Waals surface area (Å²) in [5.74, 6) is -0.0334. The Bertz CT molecular complexity index is 388. The second-order valence-electron chi connectivity index (χ2n) is 2.85. The van der Waals surface area contributed by atoms with Crippen molar-refractivity contribution in [2.45, 2.75) is 13.8 Å². The molecule has 1 rings (SSSR count). The van der Waals surface area contributed by atoms with Gasteiger partial charge in [0.2, 0.25) is 11.8 Å². The van der Waals surface area contributed by atoms with Crippen LogP contribution in [0.3, 0.4) is 0 Å². The summed E-state index contributed by atoms with van der Waals surface area (Å²) in [7, 11) is 0. The number of ether oxygens (including phenoxy) is 1. The molecule has 1 aromatic carbocycles. The first-order chi connectivity index (χ1) is 7.15. The molecule has 1 aromatic rings. The van der Waals surface area contributed by atoms with Crippen molar-refractivity contribution in [2.75, 3.05) is 6.61 Å². The van der Waals surface area contributed by atoms with Crippen LogP contribution in [0.15, 0.2) is 29.3 Å². The van der Waals surface area contributed by atoms with Gasteiger partial charge < -0.3 is 4.74 Å². The second kappa shape index (κ2) is 5.51. The predicted octanol–water partition coefficient (Wildman–Crippen LogP) is 2.67. The first-order valence-corrected chi connectivity index (χ1v) is 5.00. The Morgan fingerprint density at radius 1 is 1.47 bits per heavy atom. The van der Waals surface area contributed by atoms with Crippen LogP contribution in [0, 0.1) is 0 Å². The fourth-order valence-electron chi connectivity index (χ4n) is 1.08. The van der Waals surface area contributed by atoms with Crippen LogP contribution in [-0.4, -0.2) is 18.4 Å². The first-order valence-electron chi connectivity index (χ1n) is 4.62. The Kier molecular flexibility index (Phi) is 4.31. The third kappa shape index (κ3) is 3.36. The number of carbonyl (C=O) groups excluding carboxylic acids is 1. The van der Waals surface area contributed by atoms with Gasteiger partial charge in [-0.3, -0.25) is 4.79 Å². The monoisotopic (exact) mass is 225 g/mol. The summed E-state index contributed by atoms with van der Waals surface area (Å²) < 4.78 is 5.26. The molecular weight excluding hydrogens is 214 g/mol. The molecule has 0 radical (unpaired) electrons. The van der Waals surface area contributed by atoms with Crippen molar-refractivity contribution in [2.24, 2.45) is 4.99 Å². The van der Waals surface area contributed by atoms with Gasteiger partial charge in [-0.25, -0.2) is 0 Å². The molecule has 0 saturated heterocycles. The van der Waals surface area contributed by atoms with Gasteiger partial charge in [0.25, 0.3) is 0 Å². The number of amides is 1. The lowest BCUT2D eigenvalue weighted by atomic mass is 10.2. The maximum absolute atomic E-state index is 10.9. The summed E-state index contributed by atoms with van der Waals surface area (Å²) in [4.78, 5) is 14.7. The number of aliphatic imine (C=N–C) groups is 1. The van der Waals surface area contributed by atoms with E-state index in [9.17, 15) is 4.79 Å². The number of nitrogens with zero attached hydrogens (tertiary/aromatic N) is 1. The summed E-state index contributed by atoms with van der Waals surface area (Å²) in [5.41, 5.74) is 0.635. The normalized spacial score (nSPS) is 11.3. The van der Waals surface area contributed by atoms with Gasteiger partial charge in [0.15, 0.2) is 0 Å². The van der Waals surface area contributed by atoms with E-state index in [0.717, 1.165) is 0 Å². The predicted molar refractivity (Wildman–Crippen MR) is 60.3 cm³/mol. The Morgan fingerprint density at radius 3 is 2.67 bits per heavy atom. The van der Waals surface area contributed by atoms with Gasteiger partial charge in [0, 0.05) is 6.92 Å². The smallest absolute Gasteiger partial charge is 0.245 e. The Morgan fingerprint density at radius 2 is 2.13 bits per heavy atom. The van der Waals surface area contributed by atoms with Crippen molar-refractivity contribution in [1.82, 2.24) is 0 Å². The molecule has 0 atom stereocenters. The average molecular weight is 226 g/mol. The molecule has 15 heavy (non-hydrogen) atoms. The zero-order chi connectivity index (χ0) is 11.3. The van der Waals surface area contributed by atoms with Gasteiger partial charge in [-0.2, -0.15) is 4.99 Å². The lowest BCUT2D eigenvalue weighted by molar-refractivity contribution is -0.115. The molecule has 80 valence electrons. The van der Waals surface area contributed by atoms with Crippen LogP contribution in [-0.2, 0) is 9.53 Å². The fourth-order valence-corrected chi connectivity index (χ4v) is 1.30. The Hall–Kier alpha value is -1.35. The number of hydrogen-bond donors (Lipinski definition) is 0. The lowest BCUT2D eigenvalue weighted by Crippen LogP contribution is -2.09. The topological polar surface area (TPSA) is 38.7 Å². The number of halogens is 1. The van der Waals surface area contributed by atoms with Crippen LogP contribution in [0.2, 0.25) is 5.02 Å². The molecule has 3 nitrogen and oxygen atoms in total. The second-order valence-corrected chi connectivity index (χ2v) is 3.26. The lowest BCUT2D eigenvalue weighted by Gasteiger charge is -2.07. The summed E-state index contributed by atoms with van der Waals surface area (Å²) in [5, 5.41) is 0.519. The van der Waals surface area contributed by atoms with Gasteiger partial charge in [-0.15, -0.1) is 0 Å². The standard InChI is InChI=1S/C11H12ClNO2/c1-3-15-11(13-8(2)14)9-6-4-5-7-10(9)12/h4-7H,3H2,1-2H3. The highest BCUT2D eigenvalue weighted by Gasteiger charge is 2.09. The highest BCUT2D eigenvalue weighted by molar-refractivity contribution is 6.34. The van der Waals surface area contributed by atoms with Crippen molar-refractivity contribution < 1.29 is 9.53 Å². The Balaban J connectivity index is 3.10. The van der Waals surface area contributed by atoms with Gasteiger partial charge in [0.05, 0.1) is 17.2 Å². The molecule has 0 aliphatic carbocycles. The number of carbonyl (C=O) groups is 1. The molecule has 0 aliphatic rings. The molecule has 0 N–H and O–H groups in total. The van der Waals surface area contributed by atoms with E-state index in [2.05, 4.69) is 4.99 Å². The highest BCUT2D eigenvalue weighted by Crippen LogP contribution is 2.16. The van der Waals surface area contributed by atoms with Gasteiger partial charge in [-0.05, 0) is 19.1 Å². The molecule has 0 heterocycles. The number of rotatable bonds is 2. The molecule has 0 aliphatic heterocycles. The average Bonchev–Trinajstić information content (AvgIpc) is 2.17. The zero-order valence-corrected chi connectivity index (χ0v) is 9.41. The van der Waals surface area contributed by atoms with E-state index in [1.807, 2.05) is 19.1 Å². The van der Waals surface area contributed by atoms with Gasteiger partial charge in [-0.1, -0.05) is 23.7 Å². The van der Waals surface area contributed by atoms with Gasteiger partial charge >= 0.3 is 0 Å². The van der Waals surface area contributed by atoms with E-state index in [-0.39, 0.29) is 11.8 Å². The molecule has 0 bridgehead atoms. The van der Waals surface area contributed by atoms with Crippen LogP contribution in [0.4, 0.5) is 0 Å². The van der Waals surface area contributed by atoms with Crippen LogP contribution in [0.5, 0.6) is 0 Å². The minimum Gasteiger partial charge on any atom is -0.477 e. The first kappa shape index (κ1) is 11.7. The van der Waals surface area contributed by atoms with E-state index in [4.69, 9.17) is 16.3 Å². The van der Waals surface area contributed by atoms with Crippen LogP contribution in [0.1, 0.15) is 19.4 Å². The number of hydrogen-bond acceptors (Lipinski definition) is 2. The van der Waals surface area contributed by atoms with Crippen LogP contribution in [0.25, 0.3) is 0 Å². The third-order valence-electron chi connectivity index (χ3n) is 1.64. The van der Waals surface area contributed by atoms with E-state index in [0.29, 0.717) is 17.2 Å².